The summed E-state index contributed by atoms with van der Waals surface area (Å²) in [7, 11) is 1.76. The van der Waals surface area contributed by atoms with Gasteiger partial charge in [-0.25, -0.2) is 9.78 Å². The molecule has 1 atom stereocenters. The first kappa shape index (κ1) is 16.4. The van der Waals surface area contributed by atoms with Crippen molar-refractivity contribution in [1.29, 1.82) is 0 Å². The zero-order valence-electron chi connectivity index (χ0n) is 13.9. The first-order valence-corrected chi connectivity index (χ1v) is 8.13. The van der Waals surface area contributed by atoms with Crippen molar-refractivity contribution < 1.29 is 9.53 Å². The number of carbonyl (C=O) groups is 1. The van der Waals surface area contributed by atoms with Crippen LogP contribution in [0.4, 0.5) is 4.79 Å². The monoisotopic (exact) mass is 334 g/mol. The van der Waals surface area contributed by atoms with Crippen molar-refractivity contribution in [3.63, 3.8) is 0 Å². The molecular formula is C15H22N6O3. The van der Waals surface area contributed by atoms with Crippen molar-refractivity contribution in [1.82, 2.24) is 30.0 Å². The highest BCUT2D eigenvalue weighted by Gasteiger charge is 2.22. The molecular weight excluding hydrogens is 312 g/mol. The van der Waals surface area contributed by atoms with Crippen molar-refractivity contribution in [2.24, 2.45) is 7.05 Å². The number of alkyl carbamates (subject to hydrolysis) is 1. The Labute approximate surface area is 139 Å². The number of nitrogens with zero attached hydrogens (tertiary/aromatic N) is 4. The van der Waals surface area contributed by atoms with Gasteiger partial charge >= 0.3 is 6.09 Å². The van der Waals surface area contributed by atoms with Gasteiger partial charge in [0.05, 0.1) is 19.3 Å². The number of nitrogens with one attached hydrogen (secondary N) is 2. The van der Waals surface area contributed by atoms with E-state index >= 15 is 0 Å². The largest absolute Gasteiger partial charge is 0.450 e. The number of H-pyrrole nitrogens is 1. The van der Waals surface area contributed by atoms with Crippen LogP contribution < -0.4 is 10.9 Å². The number of hydrogen-bond acceptors (Lipinski definition) is 6. The summed E-state index contributed by atoms with van der Waals surface area (Å²) in [5, 5.41) is 7.43. The van der Waals surface area contributed by atoms with E-state index in [4.69, 9.17) is 4.74 Å². The summed E-state index contributed by atoms with van der Waals surface area (Å²) in [5.74, 6) is 0.605. The van der Waals surface area contributed by atoms with Gasteiger partial charge in [0, 0.05) is 19.6 Å². The molecule has 0 spiro atoms. The Morgan fingerprint density at radius 1 is 1.54 bits per heavy atom. The lowest BCUT2D eigenvalue weighted by atomic mass is 10.1. The number of aryl methyl sites for hydroxylation is 1. The van der Waals surface area contributed by atoms with E-state index in [1.807, 2.05) is 0 Å². The van der Waals surface area contributed by atoms with Gasteiger partial charge in [-0.3, -0.25) is 14.4 Å². The molecule has 9 nitrogen and oxygen atoms in total. The number of piperidine rings is 1. The summed E-state index contributed by atoms with van der Waals surface area (Å²) in [5.41, 5.74) is 0.397. The fourth-order valence-corrected chi connectivity index (χ4v) is 3.02. The molecule has 1 fully saturated rings. The minimum atomic E-state index is -0.382. The number of carbonyl (C=O) groups excluding carboxylic acids is 1. The summed E-state index contributed by atoms with van der Waals surface area (Å²) in [4.78, 5) is 33.1. The van der Waals surface area contributed by atoms with Crippen LogP contribution in [-0.2, 0) is 18.3 Å². The Balaban J connectivity index is 1.68. The predicted molar refractivity (Wildman–Crippen MR) is 87.6 cm³/mol. The topological polar surface area (TPSA) is 105 Å². The van der Waals surface area contributed by atoms with Crippen LogP contribution in [0.5, 0.6) is 0 Å². The van der Waals surface area contributed by atoms with Gasteiger partial charge in [-0.1, -0.05) is 0 Å². The van der Waals surface area contributed by atoms with E-state index in [9.17, 15) is 9.59 Å². The molecule has 9 heteroatoms. The maximum atomic E-state index is 12.1. The van der Waals surface area contributed by atoms with Gasteiger partial charge in [0.1, 0.15) is 11.2 Å². The summed E-state index contributed by atoms with van der Waals surface area (Å²) in [6.07, 6.45) is 3.02. The molecule has 0 aromatic carbocycles. The Morgan fingerprint density at radius 2 is 2.38 bits per heavy atom. The maximum Gasteiger partial charge on any atom is 0.407 e. The number of ether oxygens (including phenoxy) is 1. The molecule has 1 saturated heterocycles. The fourth-order valence-electron chi connectivity index (χ4n) is 3.02. The number of rotatable bonds is 4. The van der Waals surface area contributed by atoms with Crippen LogP contribution in [-0.4, -0.2) is 56.5 Å². The molecule has 3 heterocycles. The molecule has 1 aliphatic rings. The molecule has 0 unspecified atom stereocenters. The smallest absolute Gasteiger partial charge is 0.407 e. The van der Waals surface area contributed by atoms with E-state index in [0.29, 0.717) is 36.6 Å². The van der Waals surface area contributed by atoms with E-state index < -0.39 is 0 Å². The van der Waals surface area contributed by atoms with Crippen LogP contribution in [0.3, 0.4) is 0 Å². The molecule has 0 saturated carbocycles. The highest BCUT2D eigenvalue weighted by molar-refractivity contribution is 5.72. The maximum absolute atomic E-state index is 12.1. The Morgan fingerprint density at radius 3 is 3.17 bits per heavy atom. The molecule has 2 aromatic rings. The van der Waals surface area contributed by atoms with E-state index in [2.05, 4.69) is 25.3 Å². The van der Waals surface area contributed by atoms with Crippen molar-refractivity contribution >= 4 is 17.1 Å². The normalized spacial score (nSPS) is 18.7. The SMILES string of the molecule is CCOC(=O)N[C@@H]1CCCN(Cc2nc3c(cnn3C)c(=O)[nH]2)C1. The lowest BCUT2D eigenvalue weighted by molar-refractivity contribution is 0.132. The van der Waals surface area contributed by atoms with E-state index in [-0.39, 0.29) is 17.7 Å². The van der Waals surface area contributed by atoms with Crippen LogP contribution >= 0.6 is 0 Å². The summed E-state index contributed by atoms with van der Waals surface area (Å²) in [6, 6.07) is 0.0463. The zero-order chi connectivity index (χ0) is 17.1. The minimum absolute atomic E-state index is 0.0463. The molecule has 2 aromatic heterocycles. The third kappa shape index (κ3) is 3.56. The molecule has 24 heavy (non-hydrogen) atoms. The predicted octanol–water partition coefficient (Wildman–Crippen LogP) is 0.367. The van der Waals surface area contributed by atoms with Crippen LogP contribution in [0.15, 0.2) is 11.0 Å². The van der Waals surface area contributed by atoms with E-state index in [1.54, 1.807) is 18.7 Å². The highest BCUT2D eigenvalue weighted by Crippen LogP contribution is 2.13. The van der Waals surface area contributed by atoms with Gasteiger partial charge < -0.3 is 15.0 Å². The average molecular weight is 334 g/mol. The Kier molecular flexibility index (Phi) is 4.79. The lowest BCUT2D eigenvalue weighted by Crippen LogP contribution is -2.47. The van der Waals surface area contributed by atoms with E-state index in [0.717, 1.165) is 19.4 Å². The third-order valence-electron chi connectivity index (χ3n) is 4.13. The van der Waals surface area contributed by atoms with Crippen molar-refractivity contribution in [3.05, 3.63) is 22.4 Å². The number of likely N-dealkylation sites (tertiary alicyclic amines) is 1. The molecule has 3 rings (SSSR count). The second kappa shape index (κ2) is 7.00. The average Bonchev–Trinajstić information content (AvgIpc) is 2.90. The third-order valence-corrected chi connectivity index (χ3v) is 4.13. The summed E-state index contributed by atoms with van der Waals surface area (Å²) in [6.45, 7) is 4.26. The zero-order valence-corrected chi connectivity index (χ0v) is 13.9. The summed E-state index contributed by atoms with van der Waals surface area (Å²) < 4.78 is 6.52. The van der Waals surface area contributed by atoms with Gasteiger partial charge in [-0.15, -0.1) is 0 Å². The first-order valence-electron chi connectivity index (χ1n) is 8.13. The quantitative estimate of drug-likeness (QED) is 0.837. The number of fused-ring (bicyclic) bond motifs is 1. The molecule has 130 valence electrons. The van der Waals surface area contributed by atoms with Gasteiger partial charge in [0.25, 0.3) is 5.56 Å². The van der Waals surface area contributed by atoms with Crippen molar-refractivity contribution in [2.45, 2.75) is 32.4 Å². The molecule has 1 amide bonds. The molecule has 1 aliphatic heterocycles. The standard InChI is InChI=1S/C15H22N6O3/c1-3-24-15(23)17-10-5-4-6-21(8-10)9-12-18-13-11(14(22)19-12)7-16-20(13)2/h7,10H,3-6,8-9H2,1-2H3,(H,17,23)(H,18,19,22)/t10-/m1/s1. The van der Waals surface area contributed by atoms with Gasteiger partial charge in [-0.2, -0.15) is 5.10 Å². The number of amides is 1. The second-order valence-electron chi connectivity index (χ2n) is 5.96. The van der Waals surface area contributed by atoms with Gasteiger partial charge in [0.15, 0.2) is 5.65 Å². The minimum Gasteiger partial charge on any atom is -0.450 e. The van der Waals surface area contributed by atoms with E-state index in [1.165, 1.54) is 6.20 Å². The van der Waals surface area contributed by atoms with Crippen LogP contribution in [0.25, 0.3) is 11.0 Å². The Bertz CT molecular complexity index is 783. The molecule has 0 radical (unpaired) electrons. The first-order chi connectivity index (χ1) is 11.6. The molecule has 0 aliphatic carbocycles. The van der Waals surface area contributed by atoms with Crippen LogP contribution in [0.1, 0.15) is 25.6 Å². The van der Waals surface area contributed by atoms with Crippen molar-refractivity contribution in [2.75, 3.05) is 19.7 Å². The molecule has 0 bridgehead atoms. The van der Waals surface area contributed by atoms with Gasteiger partial charge in [-0.05, 0) is 26.3 Å². The lowest BCUT2D eigenvalue weighted by Gasteiger charge is -2.32. The fraction of sp³-hybridized carbons (Fsp3) is 0.600. The van der Waals surface area contributed by atoms with Gasteiger partial charge in [0.2, 0.25) is 0 Å². The second-order valence-corrected chi connectivity index (χ2v) is 5.96. The number of aromatic amines is 1. The number of hydrogen-bond donors (Lipinski definition) is 2. The Hall–Kier alpha value is -2.42. The van der Waals surface area contributed by atoms with Crippen LogP contribution in [0, 0.1) is 0 Å². The molecule has 2 N–H and O–H groups in total. The van der Waals surface area contributed by atoms with Crippen LogP contribution in [0.2, 0.25) is 0 Å². The number of aromatic nitrogens is 4. The highest BCUT2D eigenvalue weighted by atomic mass is 16.5. The van der Waals surface area contributed by atoms with Crippen molar-refractivity contribution in [3.8, 4) is 0 Å². The summed E-state index contributed by atoms with van der Waals surface area (Å²) >= 11 is 0.